The van der Waals surface area contributed by atoms with Crippen LogP contribution in [0.15, 0.2) is 0 Å². The predicted molar refractivity (Wildman–Crippen MR) is 52.2 cm³/mol. The zero-order chi connectivity index (χ0) is 8.39. The van der Waals surface area contributed by atoms with Crippen LogP contribution in [-0.2, 0) is 0 Å². The summed E-state index contributed by atoms with van der Waals surface area (Å²) in [5, 5.41) is 0. The molecule has 2 bridgehead atoms. The monoisotopic (exact) mass is 167 g/mol. The topological polar surface area (TPSA) is 3.24 Å². The predicted octanol–water partition coefficient (Wildman–Crippen LogP) is 2.52. The van der Waals surface area contributed by atoms with Gasteiger partial charge in [-0.15, -0.1) is 0 Å². The third-order valence-electron chi connectivity index (χ3n) is 3.80. The van der Waals surface area contributed by atoms with Crippen molar-refractivity contribution in [2.45, 2.75) is 39.0 Å². The molecule has 0 unspecified atom stereocenters. The van der Waals surface area contributed by atoms with Crippen molar-refractivity contribution >= 4 is 0 Å². The van der Waals surface area contributed by atoms with Crippen LogP contribution >= 0.6 is 0 Å². The lowest BCUT2D eigenvalue weighted by Crippen LogP contribution is -2.35. The lowest BCUT2D eigenvalue weighted by Gasteiger charge is -2.35. The highest BCUT2D eigenvalue weighted by Crippen LogP contribution is 2.30. The Balaban J connectivity index is 2.02. The molecule has 12 heavy (non-hydrogen) atoms. The molecule has 0 aromatic rings. The van der Waals surface area contributed by atoms with Crippen LogP contribution in [0.4, 0.5) is 0 Å². The minimum Gasteiger partial charge on any atom is -0.303 e. The number of nitrogens with zero attached hydrogens (tertiary/aromatic N) is 1. The van der Waals surface area contributed by atoms with Gasteiger partial charge >= 0.3 is 0 Å². The number of rotatable bonds is 0. The molecule has 0 N–H and O–H groups in total. The number of hydrogen-bond donors (Lipinski definition) is 0. The molecule has 3 aliphatic rings. The van der Waals surface area contributed by atoms with Gasteiger partial charge in [-0.1, -0.05) is 6.92 Å². The number of hydrogen-bond acceptors (Lipinski definition) is 1. The van der Waals surface area contributed by atoms with Gasteiger partial charge in [0.05, 0.1) is 0 Å². The normalized spacial score (nSPS) is 43.2. The lowest BCUT2D eigenvalue weighted by atomic mass is 9.81. The molecule has 0 aromatic heterocycles. The Morgan fingerprint density at radius 1 is 0.917 bits per heavy atom. The Morgan fingerprint density at radius 2 is 1.58 bits per heavy atom. The summed E-state index contributed by atoms with van der Waals surface area (Å²) in [5.41, 5.74) is 0. The molecule has 3 rings (SSSR count). The van der Waals surface area contributed by atoms with Crippen LogP contribution in [0.2, 0.25) is 0 Å². The van der Waals surface area contributed by atoms with E-state index in [2.05, 4.69) is 11.8 Å². The standard InChI is InChI=1S/C11H21N/c1-10-6-9-12-7-2-4-11(10)5-3-8-12/h10-11H,2-9H2,1H3/t10-/m0/s1. The fraction of sp³-hybridized carbons (Fsp3) is 1.00. The van der Waals surface area contributed by atoms with Gasteiger partial charge in [-0.3, -0.25) is 0 Å². The van der Waals surface area contributed by atoms with Crippen LogP contribution in [0, 0.1) is 11.8 Å². The van der Waals surface area contributed by atoms with Crippen molar-refractivity contribution < 1.29 is 0 Å². The van der Waals surface area contributed by atoms with Gasteiger partial charge in [-0.25, -0.2) is 0 Å². The Bertz CT molecular complexity index is 132. The average Bonchev–Trinajstić information content (AvgIpc) is 1.97. The van der Waals surface area contributed by atoms with Gasteiger partial charge < -0.3 is 4.90 Å². The summed E-state index contributed by atoms with van der Waals surface area (Å²) in [6.07, 6.45) is 7.35. The van der Waals surface area contributed by atoms with Crippen molar-refractivity contribution in [3.63, 3.8) is 0 Å². The highest BCUT2D eigenvalue weighted by Gasteiger charge is 2.23. The van der Waals surface area contributed by atoms with Crippen LogP contribution in [-0.4, -0.2) is 24.5 Å². The first-order valence-electron chi connectivity index (χ1n) is 5.58. The van der Waals surface area contributed by atoms with Gasteiger partial charge in [0.15, 0.2) is 0 Å². The average molecular weight is 167 g/mol. The zero-order valence-electron chi connectivity index (χ0n) is 8.26. The van der Waals surface area contributed by atoms with Gasteiger partial charge in [0.1, 0.15) is 0 Å². The van der Waals surface area contributed by atoms with Gasteiger partial charge in [0, 0.05) is 0 Å². The van der Waals surface area contributed by atoms with E-state index < -0.39 is 0 Å². The highest BCUT2D eigenvalue weighted by molar-refractivity contribution is 4.76. The third kappa shape index (κ3) is 1.82. The fourth-order valence-electron chi connectivity index (χ4n) is 2.82. The Kier molecular flexibility index (Phi) is 2.69. The van der Waals surface area contributed by atoms with Crippen LogP contribution in [0.3, 0.4) is 0 Å². The molecule has 70 valence electrons. The van der Waals surface area contributed by atoms with E-state index in [4.69, 9.17) is 0 Å². The first-order valence-corrected chi connectivity index (χ1v) is 5.58. The molecule has 3 aliphatic heterocycles. The van der Waals surface area contributed by atoms with Crippen molar-refractivity contribution in [3.8, 4) is 0 Å². The van der Waals surface area contributed by atoms with E-state index in [9.17, 15) is 0 Å². The summed E-state index contributed by atoms with van der Waals surface area (Å²) in [4.78, 5) is 2.67. The molecule has 3 saturated heterocycles. The fourth-order valence-corrected chi connectivity index (χ4v) is 2.82. The summed E-state index contributed by atoms with van der Waals surface area (Å²) in [7, 11) is 0. The zero-order valence-corrected chi connectivity index (χ0v) is 8.26. The van der Waals surface area contributed by atoms with E-state index in [1.54, 1.807) is 0 Å². The molecule has 1 nitrogen and oxygen atoms in total. The van der Waals surface area contributed by atoms with Crippen molar-refractivity contribution in [1.29, 1.82) is 0 Å². The molecule has 1 atom stereocenters. The Hall–Kier alpha value is -0.0400. The molecule has 3 fully saturated rings. The molecule has 0 amide bonds. The van der Waals surface area contributed by atoms with E-state index >= 15 is 0 Å². The minimum atomic E-state index is 0.994. The van der Waals surface area contributed by atoms with Crippen LogP contribution < -0.4 is 0 Å². The summed E-state index contributed by atoms with van der Waals surface area (Å²) in [6.45, 7) is 6.59. The Labute approximate surface area is 76.1 Å². The van der Waals surface area contributed by atoms with Crippen LogP contribution in [0.25, 0.3) is 0 Å². The molecule has 0 radical (unpaired) electrons. The maximum absolute atomic E-state index is 2.67. The van der Waals surface area contributed by atoms with Gasteiger partial charge in [-0.2, -0.15) is 0 Å². The molecule has 0 aliphatic carbocycles. The van der Waals surface area contributed by atoms with Gasteiger partial charge in [-0.05, 0) is 63.6 Å². The minimum absolute atomic E-state index is 0.994. The van der Waals surface area contributed by atoms with E-state index in [0.29, 0.717) is 0 Å². The molecular formula is C11H21N. The molecular weight excluding hydrogens is 146 g/mol. The third-order valence-corrected chi connectivity index (χ3v) is 3.80. The van der Waals surface area contributed by atoms with Crippen molar-refractivity contribution in [1.82, 2.24) is 4.90 Å². The summed E-state index contributed by atoms with van der Waals surface area (Å²) in [5.74, 6) is 2.06. The Morgan fingerprint density at radius 3 is 2.25 bits per heavy atom. The summed E-state index contributed by atoms with van der Waals surface area (Å²) in [6, 6.07) is 0. The summed E-state index contributed by atoms with van der Waals surface area (Å²) >= 11 is 0. The largest absolute Gasteiger partial charge is 0.303 e. The first kappa shape index (κ1) is 8.55. The molecule has 1 heteroatoms. The molecule has 0 spiro atoms. The lowest BCUT2D eigenvalue weighted by molar-refractivity contribution is 0.143. The first-order chi connectivity index (χ1) is 5.86. The SMILES string of the molecule is C[C@H]1CCN2CCCC1CCC2. The van der Waals surface area contributed by atoms with Gasteiger partial charge in [0.25, 0.3) is 0 Å². The van der Waals surface area contributed by atoms with E-state index in [-0.39, 0.29) is 0 Å². The van der Waals surface area contributed by atoms with Crippen molar-refractivity contribution in [2.75, 3.05) is 19.6 Å². The quantitative estimate of drug-likeness (QED) is 0.536. The molecule has 0 saturated carbocycles. The number of fused-ring (bicyclic) bond motifs is 6. The second-order valence-corrected chi connectivity index (χ2v) is 4.65. The van der Waals surface area contributed by atoms with Crippen molar-refractivity contribution in [3.05, 3.63) is 0 Å². The van der Waals surface area contributed by atoms with E-state index in [0.717, 1.165) is 11.8 Å². The maximum Gasteiger partial charge on any atom is -0.00161 e. The second-order valence-electron chi connectivity index (χ2n) is 4.65. The summed E-state index contributed by atoms with van der Waals surface area (Å²) < 4.78 is 0. The maximum atomic E-state index is 2.67. The van der Waals surface area contributed by atoms with Gasteiger partial charge in [0.2, 0.25) is 0 Å². The smallest absolute Gasteiger partial charge is 0.00161 e. The highest BCUT2D eigenvalue weighted by atomic mass is 15.1. The molecule has 0 aromatic carbocycles. The second kappa shape index (κ2) is 3.78. The van der Waals surface area contributed by atoms with Crippen LogP contribution in [0.5, 0.6) is 0 Å². The van der Waals surface area contributed by atoms with Crippen molar-refractivity contribution in [2.24, 2.45) is 11.8 Å². The van der Waals surface area contributed by atoms with Crippen LogP contribution in [0.1, 0.15) is 39.0 Å². The molecule has 3 heterocycles. The van der Waals surface area contributed by atoms with E-state index in [1.165, 1.54) is 51.7 Å². The van der Waals surface area contributed by atoms with E-state index in [1.807, 2.05) is 0 Å².